The van der Waals surface area contributed by atoms with Crippen LogP contribution in [0.15, 0.2) is 0 Å². The van der Waals surface area contributed by atoms with Crippen molar-refractivity contribution in [1.82, 2.24) is 10.2 Å². The van der Waals surface area contributed by atoms with E-state index >= 15 is 0 Å². The third-order valence-electron chi connectivity index (χ3n) is 4.20. The minimum absolute atomic E-state index is 0.0843. The number of rotatable bonds is 7. The van der Waals surface area contributed by atoms with Gasteiger partial charge in [0.2, 0.25) is 0 Å². The summed E-state index contributed by atoms with van der Waals surface area (Å²) in [5.74, 6) is -0.0843. The molecule has 0 aromatic heterocycles. The molecule has 1 saturated carbocycles. The molecular weight excluding hydrogens is 240 g/mol. The molecule has 1 heterocycles. The summed E-state index contributed by atoms with van der Waals surface area (Å²) in [6, 6.07) is 0.524. The number of nitrogens with one attached hydrogen (secondary N) is 1. The topological polar surface area (TPSA) is 41.6 Å². The number of nitrogens with zero attached hydrogens (tertiary/aromatic N) is 1. The molecule has 1 N–H and O–H groups in total. The van der Waals surface area contributed by atoms with E-state index in [-0.39, 0.29) is 5.97 Å². The lowest BCUT2D eigenvalue weighted by Gasteiger charge is -2.33. The van der Waals surface area contributed by atoms with E-state index in [0.29, 0.717) is 12.6 Å². The highest BCUT2D eigenvalue weighted by molar-refractivity contribution is 5.80. The molecule has 4 heteroatoms. The summed E-state index contributed by atoms with van der Waals surface area (Å²) in [6.45, 7) is 7.71. The first-order valence-electron chi connectivity index (χ1n) is 7.81. The van der Waals surface area contributed by atoms with Gasteiger partial charge in [-0.2, -0.15) is 0 Å². The molecule has 0 aromatic rings. The number of esters is 1. The molecule has 2 fully saturated rings. The Bertz CT molecular complexity index is 299. The van der Waals surface area contributed by atoms with Crippen LogP contribution in [0.1, 0.15) is 52.4 Å². The average Bonchev–Trinajstić information content (AvgIpc) is 3.22. The number of carbonyl (C=O) groups excluding carboxylic acids is 1. The molecule has 1 aliphatic heterocycles. The summed E-state index contributed by atoms with van der Waals surface area (Å²) in [7, 11) is 0. The normalized spacial score (nSPS) is 23.9. The zero-order valence-electron chi connectivity index (χ0n) is 12.4. The highest BCUT2D eigenvalue weighted by Crippen LogP contribution is 2.25. The number of likely N-dealkylation sites (tertiary alicyclic amines) is 1. The molecule has 2 rings (SSSR count). The fraction of sp³-hybridized carbons (Fsp3) is 0.933. The Kier molecular flexibility index (Phi) is 5.22. The fourth-order valence-corrected chi connectivity index (χ4v) is 2.77. The molecule has 0 aromatic carbocycles. The van der Waals surface area contributed by atoms with Crippen molar-refractivity contribution < 1.29 is 9.53 Å². The van der Waals surface area contributed by atoms with E-state index in [4.69, 9.17) is 4.74 Å². The highest BCUT2D eigenvalue weighted by atomic mass is 16.5. The van der Waals surface area contributed by atoms with Gasteiger partial charge in [-0.05, 0) is 59.0 Å². The monoisotopic (exact) mass is 268 g/mol. The lowest BCUT2D eigenvalue weighted by Crippen LogP contribution is -2.53. The Morgan fingerprint density at radius 3 is 2.58 bits per heavy atom. The van der Waals surface area contributed by atoms with Crippen LogP contribution in [-0.4, -0.2) is 48.7 Å². The number of hydrogen-bond donors (Lipinski definition) is 1. The maximum Gasteiger partial charge on any atom is 0.326 e. The molecule has 0 bridgehead atoms. The molecule has 0 radical (unpaired) electrons. The van der Waals surface area contributed by atoms with E-state index in [1.54, 1.807) is 0 Å². The van der Waals surface area contributed by atoms with Crippen LogP contribution in [0.4, 0.5) is 0 Å². The first kappa shape index (κ1) is 14.8. The van der Waals surface area contributed by atoms with E-state index in [2.05, 4.69) is 10.2 Å². The Balaban J connectivity index is 1.86. The quantitative estimate of drug-likeness (QED) is 0.717. The lowest BCUT2D eigenvalue weighted by atomic mass is 9.96. The molecule has 4 nitrogen and oxygen atoms in total. The third kappa shape index (κ3) is 4.46. The van der Waals surface area contributed by atoms with Crippen LogP contribution in [-0.2, 0) is 9.53 Å². The standard InChI is InChI=1S/C15H28N2O2/c1-3-19-14(18)15(2,16-13-7-8-13)9-12-17-10-5-4-6-11-17/h13,16H,3-12H2,1-2H3. The van der Waals surface area contributed by atoms with Crippen LogP contribution in [0.5, 0.6) is 0 Å². The Hall–Kier alpha value is -0.610. The summed E-state index contributed by atoms with van der Waals surface area (Å²) in [5.41, 5.74) is -0.505. The maximum absolute atomic E-state index is 12.2. The van der Waals surface area contributed by atoms with Gasteiger partial charge >= 0.3 is 5.97 Å². The second-order valence-corrected chi connectivity index (χ2v) is 6.12. The zero-order valence-corrected chi connectivity index (χ0v) is 12.4. The van der Waals surface area contributed by atoms with Crippen molar-refractivity contribution in [3.8, 4) is 0 Å². The van der Waals surface area contributed by atoms with Crippen molar-refractivity contribution in [3.63, 3.8) is 0 Å². The summed E-state index contributed by atoms with van der Waals surface area (Å²) < 4.78 is 5.26. The second-order valence-electron chi connectivity index (χ2n) is 6.12. The van der Waals surface area contributed by atoms with E-state index in [0.717, 1.165) is 13.0 Å². The number of carbonyl (C=O) groups is 1. The van der Waals surface area contributed by atoms with E-state index in [1.165, 1.54) is 45.2 Å². The third-order valence-corrected chi connectivity index (χ3v) is 4.20. The van der Waals surface area contributed by atoms with Gasteiger partial charge in [0, 0.05) is 12.6 Å². The van der Waals surface area contributed by atoms with Crippen molar-refractivity contribution in [2.24, 2.45) is 0 Å². The SMILES string of the molecule is CCOC(=O)C(C)(CCN1CCCCC1)NC1CC1. The van der Waals surface area contributed by atoms with Gasteiger partial charge in [-0.1, -0.05) is 6.42 Å². The Morgan fingerprint density at radius 2 is 2.00 bits per heavy atom. The number of ether oxygens (including phenoxy) is 1. The Morgan fingerprint density at radius 1 is 1.32 bits per heavy atom. The van der Waals surface area contributed by atoms with Crippen LogP contribution in [0, 0.1) is 0 Å². The van der Waals surface area contributed by atoms with Crippen LogP contribution in [0.2, 0.25) is 0 Å². The summed E-state index contributed by atoms with van der Waals surface area (Å²) in [6.07, 6.45) is 7.18. The van der Waals surface area contributed by atoms with Gasteiger partial charge in [0.15, 0.2) is 0 Å². The van der Waals surface area contributed by atoms with Crippen molar-refractivity contribution in [2.45, 2.75) is 64.0 Å². The Labute approximate surface area is 116 Å². The van der Waals surface area contributed by atoms with E-state index < -0.39 is 5.54 Å². The number of hydrogen-bond acceptors (Lipinski definition) is 4. The summed E-state index contributed by atoms with van der Waals surface area (Å²) in [4.78, 5) is 14.7. The molecular formula is C15H28N2O2. The average molecular weight is 268 g/mol. The molecule has 1 atom stereocenters. The van der Waals surface area contributed by atoms with Gasteiger partial charge in [-0.15, -0.1) is 0 Å². The van der Waals surface area contributed by atoms with Gasteiger partial charge in [-0.3, -0.25) is 10.1 Å². The molecule has 19 heavy (non-hydrogen) atoms. The first-order valence-corrected chi connectivity index (χ1v) is 7.81. The molecule has 1 unspecified atom stereocenters. The van der Waals surface area contributed by atoms with Crippen LogP contribution in [0.3, 0.4) is 0 Å². The smallest absolute Gasteiger partial charge is 0.326 e. The molecule has 1 saturated heterocycles. The number of piperidine rings is 1. The largest absolute Gasteiger partial charge is 0.465 e. The first-order chi connectivity index (χ1) is 9.14. The van der Waals surface area contributed by atoms with Crippen molar-refractivity contribution in [3.05, 3.63) is 0 Å². The van der Waals surface area contributed by atoms with Gasteiger partial charge in [0.1, 0.15) is 5.54 Å². The summed E-state index contributed by atoms with van der Waals surface area (Å²) >= 11 is 0. The molecule has 2 aliphatic rings. The van der Waals surface area contributed by atoms with Crippen molar-refractivity contribution >= 4 is 5.97 Å². The summed E-state index contributed by atoms with van der Waals surface area (Å²) in [5, 5.41) is 3.49. The second kappa shape index (κ2) is 6.71. The van der Waals surface area contributed by atoms with Gasteiger partial charge < -0.3 is 9.64 Å². The molecule has 110 valence electrons. The van der Waals surface area contributed by atoms with Crippen LogP contribution < -0.4 is 5.32 Å². The predicted molar refractivity (Wildman–Crippen MR) is 76.1 cm³/mol. The van der Waals surface area contributed by atoms with E-state index in [9.17, 15) is 4.79 Å². The minimum Gasteiger partial charge on any atom is -0.465 e. The maximum atomic E-state index is 12.2. The van der Waals surface area contributed by atoms with E-state index in [1.807, 2.05) is 13.8 Å². The zero-order chi connectivity index (χ0) is 13.7. The van der Waals surface area contributed by atoms with Crippen molar-refractivity contribution in [1.29, 1.82) is 0 Å². The minimum atomic E-state index is -0.505. The predicted octanol–water partition coefficient (Wildman–Crippen LogP) is 1.94. The lowest BCUT2D eigenvalue weighted by molar-refractivity contribution is -0.151. The molecule has 0 amide bonds. The molecule has 0 spiro atoms. The van der Waals surface area contributed by atoms with Gasteiger partial charge in [-0.25, -0.2) is 0 Å². The van der Waals surface area contributed by atoms with Crippen LogP contribution >= 0.6 is 0 Å². The van der Waals surface area contributed by atoms with Crippen LogP contribution in [0.25, 0.3) is 0 Å². The fourth-order valence-electron chi connectivity index (χ4n) is 2.77. The van der Waals surface area contributed by atoms with Crippen molar-refractivity contribution in [2.75, 3.05) is 26.2 Å². The van der Waals surface area contributed by atoms with Gasteiger partial charge in [0.05, 0.1) is 6.61 Å². The molecule has 1 aliphatic carbocycles. The van der Waals surface area contributed by atoms with Gasteiger partial charge in [0.25, 0.3) is 0 Å². The highest BCUT2D eigenvalue weighted by Gasteiger charge is 2.39.